The van der Waals surface area contributed by atoms with Crippen molar-refractivity contribution < 1.29 is 19.1 Å². The molecule has 2 aliphatic heterocycles. The van der Waals surface area contributed by atoms with Gasteiger partial charge < -0.3 is 20.5 Å². The number of nitrogens with one attached hydrogen (secondary N) is 1. The molecule has 184 valence electrons. The van der Waals surface area contributed by atoms with Crippen molar-refractivity contribution in [2.24, 2.45) is 11.7 Å². The number of rotatable bonds is 6. The highest BCUT2D eigenvalue weighted by atomic mass is 16.5. The molecule has 0 aliphatic carbocycles. The Labute approximate surface area is 203 Å². The zero-order valence-electron chi connectivity index (χ0n) is 19.6. The molecule has 0 spiro atoms. The van der Waals surface area contributed by atoms with E-state index in [-0.39, 0.29) is 11.6 Å². The number of morpholine rings is 1. The number of carbonyl (C=O) groups excluding carboxylic acids is 2. The van der Waals surface area contributed by atoms with E-state index in [2.05, 4.69) is 20.3 Å². The average Bonchev–Trinajstić information content (AvgIpc) is 3.28. The number of pyridine rings is 1. The van der Waals surface area contributed by atoms with Crippen molar-refractivity contribution in [3.8, 4) is 11.1 Å². The zero-order chi connectivity index (χ0) is 24.2. The summed E-state index contributed by atoms with van der Waals surface area (Å²) in [4.78, 5) is 31.8. The maximum absolute atomic E-state index is 13.1. The van der Waals surface area contributed by atoms with Gasteiger partial charge in [0.05, 0.1) is 18.7 Å². The maximum atomic E-state index is 13.1. The standard InChI is InChI=1S/C25H30N6O4/c26-25(33)31-22-2-1-18(21-15-27-6-3-19(21)16-30-7-11-35-12-8-30)13-20(22)23(29-31)24(32)28-14-17-4-9-34-10-5-17/h1-3,6,13,15,17H,4-5,7-12,14,16H2,(H2,26,33)(H,28,32). The van der Waals surface area contributed by atoms with Crippen molar-refractivity contribution >= 4 is 22.8 Å². The second-order valence-electron chi connectivity index (χ2n) is 9.02. The van der Waals surface area contributed by atoms with E-state index in [1.165, 1.54) is 0 Å². The van der Waals surface area contributed by atoms with Gasteiger partial charge in [-0.25, -0.2) is 4.79 Å². The van der Waals surface area contributed by atoms with E-state index in [4.69, 9.17) is 15.2 Å². The minimum Gasteiger partial charge on any atom is -0.381 e. The predicted octanol–water partition coefficient (Wildman–Crippen LogP) is 2.01. The molecule has 0 unspecified atom stereocenters. The molecule has 2 fully saturated rings. The number of nitrogens with zero attached hydrogens (tertiary/aromatic N) is 4. The molecule has 5 rings (SSSR count). The highest BCUT2D eigenvalue weighted by Crippen LogP contribution is 2.29. The summed E-state index contributed by atoms with van der Waals surface area (Å²) < 4.78 is 12.0. The Bertz CT molecular complexity index is 1210. The lowest BCUT2D eigenvalue weighted by atomic mass is 9.99. The van der Waals surface area contributed by atoms with Crippen molar-refractivity contribution in [2.75, 3.05) is 46.1 Å². The molecule has 2 aliphatic rings. The molecule has 10 nitrogen and oxygen atoms in total. The van der Waals surface area contributed by atoms with Crippen LogP contribution >= 0.6 is 0 Å². The van der Waals surface area contributed by atoms with Crippen molar-refractivity contribution in [1.29, 1.82) is 0 Å². The monoisotopic (exact) mass is 478 g/mol. The fourth-order valence-corrected chi connectivity index (χ4v) is 4.71. The van der Waals surface area contributed by atoms with E-state index in [0.29, 0.717) is 36.6 Å². The maximum Gasteiger partial charge on any atom is 0.340 e. The quantitative estimate of drug-likeness (QED) is 0.555. The Kier molecular flexibility index (Phi) is 7.03. The topological polar surface area (TPSA) is 125 Å². The van der Waals surface area contributed by atoms with Crippen LogP contribution in [-0.4, -0.2) is 77.7 Å². The number of fused-ring (bicyclic) bond motifs is 1. The van der Waals surface area contributed by atoms with Gasteiger partial charge in [0.25, 0.3) is 5.91 Å². The van der Waals surface area contributed by atoms with Crippen LogP contribution in [-0.2, 0) is 16.0 Å². The second-order valence-corrected chi connectivity index (χ2v) is 9.02. The first kappa shape index (κ1) is 23.4. The van der Waals surface area contributed by atoms with Gasteiger partial charge in [0.1, 0.15) is 0 Å². The molecule has 3 N–H and O–H groups in total. The fraction of sp³-hybridized carbons (Fsp3) is 0.440. The SMILES string of the molecule is NC(=O)n1nc(C(=O)NCC2CCOCC2)c2cc(-c3cnccc3CN3CCOCC3)ccc21. The molecule has 4 heterocycles. The largest absolute Gasteiger partial charge is 0.381 e. The zero-order valence-corrected chi connectivity index (χ0v) is 19.6. The first-order valence-electron chi connectivity index (χ1n) is 12.0. The van der Waals surface area contributed by atoms with Crippen molar-refractivity contribution in [2.45, 2.75) is 19.4 Å². The molecule has 0 saturated carbocycles. The van der Waals surface area contributed by atoms with E-state index < -0.39 is 6.03 Å². The summed E-state index contributed by atoms with van der Waals surface area (Å²) in [5.41, 5.74) is 9.24. The van der Waals surface area contributed by atoms with Gasteiger partial charge in [-0.1, -0.05) is 6.07 Å². The van der Waals surface area contributed by atoms with Crippen molar-refractivity contribution in [3.63, 3.8) is 0 Å². The number of benzene rings is 1. The highest BCUT2D eigenvalue weighted by molar-refractivity contribution is 6.07. The van der Waals surface area contributed by atoms with Crippen LogP contribution in [0.5, 0.6) is 0 Å². The molecule has 0 radical (unpaired) electrons. The Balaban J connectivity index is 1.46. The third-order valence-electron chi connectivity index (χ3n) is 6.72. The third kappa shape index (κ3) is 5.19. The smallest absolute Gasteiger partial charge is 0.340 e. The van der Waals surface area contributed by atoms with E-state index >= 15 is 0 Å². The van der Waals surface area contributed by atoms with Gasteiger partial charge in [0.2, 0.25) is 0 Å². The molecule has 2 amide bonds. The van der Waals surface area contributed by atoms with Crippen LogP contribution in [0.3, 0.4) is 0 Å². The second kappa shape index (κ2) is 10.5. The number of amides is 2. The van der Waals surface area contributed by atoms with Crippen LogP contribution in [0.1, 0.15) is 28.9 Å². The summed E-state index contributed by atoms with van der Waals surface area (Å²) in [7, 11) is 0. The minimum absolute atomic E-state index is 0.186. The van der Waals surface area contributed by atoms with E-state index in [9.17, 15) is 9.59 Å². The number of hydrogen-bond donors (Lipinski definition) is 2. The lowest BCUT2D eigenvalue weighted by Gasteiger charge is -2.27. The number of aromatic nitrogens is 3. The number of carbonyl (C=O) groups is 2. The average molecular weight is 479 g/mol. The summed E-state index contributed by atoms with van der Waals surface area (Å²) in [6.45, 7) is 5.95. The van der Waals surface area contributed by atoms with Gasteiger partial charge in [0, 0.05) is 62.7 Å². The van der Waals surface area contributed by atoms with Gasteiger partial charge in [-0.2, -0.15) is 9.78 Å². The van der Waals surface area contributed by atoms with Crippen LogP contribution in [0.15, 0.2) is 36.7 Å². The molecule has 3 aromatic rings. The van der Waals surface area contributed by atoms with Crippen LogP contribution in [0.4, 0.5) is 4.79 Å². The number of primary amides is 1. The lowest BCUT2D eigenvalue weighted by molar-refractivity contribution is 0.0342. The molecule has 0 bridgehead atoms. The number of hydrogen-bond acceptors (Lipinski definition) is 7. The van der Waals surface area contributed by atoms with E-state index in [1.807, 2.05) is 24.4 Å². The third-order valence-corrected chi connectivity index (χ3v) is 6.72. The molecule has 2 saturated heterocycles. The van der Waals surface area contributed by atoms with E-state index in [1.54, 1.807) is 12.3 Å². The van der Waals surface area contributed by atoms with Crippen molar-refractivity contribution in [3.05, 3.63) is 47.9 Å². The Hall–Kier alpha value is -3.34. The minimum atomic E-state index is -0.736. The van der Waals surface area contributed by atoms with Crippen LogP contribution in [0.2, 0.25) is 0 Å². The molecule has 2 aromatic heterocycles. The summed E-state index contributed by atoms with van der Waals surface area (Å²) in [6.07, 6.45) is 5.44. The van der Waals surface area contributed by atoms with E-state index in [0.717, 1.165) is 67.1 Å². The first-order valence-corrected chi connectivity index (χ1v) is 12.0. The molecular formula is C25H30N6O4. The summed E-state index contributed by atoms with van der Waals surface area (Å²) >= 11 is 0. The van der Waals surface area contributed by atoms with Gasteiger partial charge in [-0.15, -0.1) is 0 Å². The summed E-state index contributed by atoms with van der Waals surface area (Å²) in [6, 6.07) is 6.87. The summed E-state index contributed by atoms with van der Waals surface area (Å²) in [5.74, 6) is 0.0456. The summed E-state index contributed by atoms with van der Waals surface area (Å²) in [5, 5.41) is 7.83. The molecular weight excluding hydrogens is 448 g/mol. The fourth-order valence-electron chi connectivity index (χ4n) is 4.71. The Morgan fingerprint density at radius 3 is 2.63 bits per heavy atom. The molecule has 0 atom stereocenters. The van der Waals surface area contributed by atoms with Crippen LogP contribution in [0, 0.1) is 5.92 Å². The molecule has 10 heteroatoms. The number of nitrogens with two attached hydrogens (primary N) is 1. The van der Waals surface area contributed by atoms with Crippen LogP contribution < -0.4 is 11.1 Å². The Morgan fingerprint density at radius 1 is 1.09 bits per heavy atom. The molecule has 1 aromatic carbocycles. The van der Waals surface area contributed by atoms with Crippen LogP contribution in [0.25, 0.3) is 22.0 Å². The normalized spacial score (nSPS) is 17.5. The highest BCUT2D eigenvalue weighted by Gasteiger charge is 2.22. The predicted molar refractivity (Wildman–Crippen MR) is 130 cm³/mol. The number of ether oxygens (including phenoxy) is 2. The molecule has 35 heavy (non-hydrogen) atoms. The van der Waals surface area contributed by atoms with Gasteiger partial charge in [-0.05, 0) is 48.1 Å². The van der Waals surface area contributed by atoms with Gasteiger partial charge >= 0.3 is 6.03 Å². The lowest BCUT2D eigenvalue weighted by Crippen LogP contribution is -2.35. The van der Waals surface area contributed by atoms with Gasteiger partial charge in [0.15, 0.2) is 5.69 Å². The first-order chi connectivity index (χ1) is 17.1. The Morgan fingerprint density at radius 2 is 1.86 bits per heavy atom. The van der Waals surface area contributed by atoms with Crippen molar-refractivity contribution in [1.82, 2.24) is 25.0 Å². The van der Waals surface area contributed by atoms with Gasteiger partial charge in [-0.3, -0.25) is 14.7 Å².